The molecule has 2 aromatic rings. The Balaban J connectivity index is 1.23. The van der Waals surface area contributed by atoms with Gasteiger partial charge in [0.1, 0.15) is 0 Å². The van der Waals surface area contributed by atoms with Gasteiger partial charge in [-0.3, -0.25) is 4.68 Å². The molecule has 1 unspecified atom stereocenters. The van der Waals surface area contributed by atoms with Gasteiger partial charge in [0.05, 0.1) is 5.69 Å². The lowest BCUT2D eigenvalue weighted by atomic mass is 9.89. The highest BCUT2D eigenvalue weighted by Crippen LogP contribution is 2.37. The highest BCUT2D eigenvalue weighted by Gasteiger charge is 2.29. The van der Waals surface area contributed by atoms with E-state index >= 15 is 0 Å². The third-order valence-corrected chi connectivity index (χ3v) is 6.30. The summed E-state index contributed by atoms with van der Waals surface area (Å²) in [5.41, 5.74) is 5.32. The fourth-order valence-electron chi connectivity index (χ4n) is 4.93. The molecule has 1 fully saturated rings. The molecule has 1 N–H and O–H groups in total. The van der Waals surface area contributed by atoms with E-state index in [4.69, 9.17) is 9.47 Å². The van der Waals surface area contributed by atoms with Crippen LogP contribution < -0.4 is 19.7 Å². The lowest BCUT2D eigenvalue weighted by molar-refractivity contribution is 0.174. The minimum atomic E-state index is 0.335. The molecule has 3 aliphatic rings. The number of rotatable bonds is 3. The lowest BCUT2D eigenvalue weighted by Gasteiger charge is -2.37. The molecule has 27 heavy (non-hydrogen) atoms. The normalized spacial score (nSPS) is 22.1. The molecule has 1 atom stereocenters. The van der Waals surface area contributed by atoms with Gasteiger partial charge in [0.2, 0.25) is 6.79 Å². The summed E-state index contributed by atoms with van der Waals surface area (Å²) < 4.78 is 13.0. The van der Waals surface area contributed by atoms with Crippen LogP contribution >= 0.6 is 0 Å². The van der Waals surface area contributed by atoms with Gasteiger partial charge in [-0.15, -0.1) is 0 Å². The molecule has 0 radical (unpaired) electrons. The van der Waals surface area contributed by atoms with Crippen molar-refractivity contribution >= 4 is 5.69 Å². The molecule has 0 amide bonds. The van der Waals surface area contributed by atoms with Crippen LogP contribution in [0.4, 0.5) is 5.69 Å². The maximum Gasteiger partial charge on any atom is 0.231 e. The minimum absolute atomic E-state index is 0.335. The Kier molecular flexibility index (Phi) is 4.23. The third kappa shape index (κ3) is 3.06. The molecule has 0 spiro atoms. The summed E-state index contributed by atoms with van der Waals surface area (Å²) in [5, 5.41) is 8.62. The van der Waals surface area contributed by atoms with Crippen LogP contribution in [0, 0.1) is 6.92 Å². The van der Waals surface area contributed by atoms with Crippen LogP contribution in [-0.2, 0) is 13.5 Å². The summed E-state index contributed by atoms with van der Waals surface area (Å²) in [4.78, 5) is 2.46. The molecule has 6 heteroatoms. The van der Waals surface area contributed by atoms with Gasteiger partial charge in [0, 0.05) is 55.2 Å². The minimum Gasteiger partial charge on any atom is -0.454 e. The molecule has 2 aliphatic heterocycles. The SMILES string of the molecule is Cc1nn(C)c2c1C(NC1CCN(c3ccc4c(c3)OCO4)CC1)CCC2. The monoisotopic (exact) mass is 368 g/mol. The lowest BCUT2D eigenvalue weighted by Crippen LogP contribution is -2.44. The van der Waals surface area contributed by atoms with E-state index in [1.54, 1.807) is 0 Å². The Morgan fingerprint density at radius 2 is 1.93 bits per heavy atom. The summed E-state index contributed by atoms with van der Waals surface area (Å²) >= 11 is 0. The van der Waals surface area contributed by atoms with Crippen LogP contribution in [0.25, 0.3) is 0 Å². The summed E-state index contributed by atoms with van der Waals surface area (Å²) in [6.07, 6.45) is 5.97. The van der Waals surface area contributed by atoms with Gasteiger partial charge in [0.15, 0.2) is 11.5 Å². The Morgan fingerprint density at radius 1 is 1.11 bits per heavy atom. The summed E-state index contributed by atoms with van der Waals surface area (Å²) in [5.74, 6) is 1.73. The summed E-state index contributed by atoms with van der Waals surface area (Å²) in [6, 6.07) is 7.32. The van der Waals surface area contributed by atoms with Crippen molar-refractivity contribution in [1.29, 1.82) is 0 Å². The smallest absolute Gasteiger partial charge is 0.231 e. The van der Waals surface area contributed by atoms with Gasteiger partial charge in [-0.1, -0.05) is 0 Å². The first kappa shape index (κ1) is 16.9. The summed E-state index contributed by atoms with van der Waals surface area (Å²) in [6.45, 7) is 4.63. The molecular weight excluding hydrogens is 340 g/mol. The van der Waals surface area contributed by atoms with E-state index in [2.05, 4.69) is 46.1 Å². The van der Waals surface area contributed by atoms with E-state index in [1.807, 2.05) is 6.07 Å². The fourth-order valence-corrected chi connectivity index (χ4v) is 4.93. The van der Waals surface area contributed by atoms with Crippen LogP contribution in [0.15, 0.2) is 18.2 Å². The molecule has 0 bridgehead atoms. The Labute approximate surface area is 160 Å². The largest absolute Gasteiger partial charge is 0.454 e. The van der Waals surface area contributed by atoms with Crippen molar-refractivity contribution in [3.63, 3.8) is 0 Å². The second-order valence-electron chi connectivity index (χ2n) is 7.98. The number of hydrogen-bond acceptors (Lipinski definition) is 5. The van der Waals surface area contributed by atoms with Gasteiger partial charge >= 0.3 is 0 Å². The number of piperidine rings is 1. The number of anilines is 1. The van der Waals surface area contributed by atoms with Crippen LogP contribution in [-0.4, -0.2) is 35.7 Å². The average molecular weight is 368 g/mol. The van der Waals surface area contributed by atoms with Crippen molar-refractivity contribution in [3.05, 3.63) is 35.2 Å². The third-order valence-electron chi connectivity index (χ3n) is 6.30. The molecule has 3 heterocycles. The molecule has 0 saturated carbocycles. The van der Waals surface area contributed by atoms with Crippen molar-refractivity contribution in [2.24, 2.45) is 7.05 Å². The second kappa shape index (κ2) is 6.75. The maximum absolute atomic E-state index is 5.53. The van der Waals surface area contributed by atoms with Gasteiger partial charge in [0.25, 0.3) is 0 Å². The topological polar surface area (TPSA) is 51.6 Å². The molecular formula is C21H28N4O2. The highest BCUT2D eigenvalue weighted by atomic mass is 16.7. The van der Waals surface area contributed by atoms with Gasteiger partial charge in [-0.2, -0.15) is 5.10 Å². The summed E-state index contributed by atoms with van der Waals surface area (Å²) in [7, 11) is 2.08. The number of benzene rings is 1. The molecule has 5 rings (SSSR count). The number of aromatic nitrogens is 2. The molecule has 6 nitrogen and oxygen atoms in total. The Hall–Kier alpha value is -2.21. The van der Waals surface area contributed by atoms with Crippen molar-refractivity contribution in [1.82, 2.24) is 15.1 Å². The standard InChI is InChI=1S/C21H28N4O2/c1-14-21-17(4-3-5-18(21)24(2)23-14)22-15-8-10-25(11-9-15)16-6-7-19-20(12-16)27-13-26-19/h6-7,12,15,17,22H,3-5,8-11,13H2,1-2H3. The van der Waals surface area contributed by atoms with Crippen LogP contribution in [0.3, 0.4) is 0 Å². The predicted molar refractivity (Wildman–Crippen MR) is 105 cm³/mol. The molecule has 1 saturated heterocycles. The quantitative estimate of drug-likeness (QED) is 0.902. The van der Waals surface area contributed by atoms with Crippen molar-refractivity contribution in [3.8, 4) is 11.5 Å². The number of nitrogens with one attached hydrogen (secondary N) is 1. The van der Waals surface area contributed by atoms with Gasteiger partial charge in [-0.25, -0.2) is 0 Å². The Bertz CT molecular complexity index is 839. The molecule has 144 valence electrons. The Morgan fingerprint density at radius 3 is 2.78 bits per heavy atom. The van der Waals surface area contributed by atoms with E-state index in [1.165, 1.54) is 48.3 Å². The van der Waals surface area contributed by atoms with Crippen molar-refractivity contribution in [2.45, 2.75) is 51.1 Å². The van der Waals surface area contributed by atoms with Gasteiger partial charge in [-0.05, 0) is 51.2 Å². The van der Waals surface area contributed by atoms with Crippen molar-refractivity contribution < 1.29 is 9.47 Å². The fraction of sp³-hybridized carbons (Fsp3) is 0.571. The number of hydrogen-bond donors (Lipinski definition) is 1. The second-order valence-corrected chi connectivity index (χ2v) is 7.98. The van der Waals surface area contributed by atoms with E-state index in [0.29, 0.717) is 18.9 Å². The zero-order valence-electron chi connectivity index (χ0n) is 16.2. The van der Waals surface area contributed by atoms with Crippen LogP contribution in [0.1, 0.15) is 48.7 Å². The van der Waals surface area contributed by atoms with Gasteiger partial charge < -0.3 is 19.7 Å². The zero-order chi connectivity index (χ0) is 18.4. The zero-order valence-corrected chi connectivity index (χ0v) is 16.2. The van der Waals surface area contributed by atoms with E-state index < -0.39 is 0 Å². The first-order valence-electron chi connectivity index (χ1n) is 10.1. The number of nitrogens with zero attached hydrogens (tertiary/aromatic N) is 3. The average Bonchev–Trinajstić information content (AvgIpc) is 3.27. The van der Waals surface area contributed by atoms with E-state index in [0.717, 1.165) is 31.0 Å². The molecule has 1 aromatic heterocycles. The highest BCUT2D eigenvalue weighted by molar-refractivity contribution is 5.57. The molecule has 1 aliphatic carbocycles. The van der Waals surface area contributed by atoms with Crippen LogP contribution in [0.5, 0.6) is 11.5 Å². The number of aryl methyl sites for hydroxylation is 2. The molecule has 1 aromatic carbocycles. The van der Waals surface area contributed by atoms with E-state index in [-0.39, 0.29) is 0 Å². The predicted octanol–water partition coefficient (Wildman–Crippen LogP) is 3.09. The number of fused-ring (bicyclic) bond motifs is 2. The van der Waals surface area contributed by atoms with Crippen LogP contribution in [0.2, 0.25) is 0 Å². The maximum atomic E-state index is 5.53. The first-order chi connectivity index (χ1) is 13.2. The van der Waals surface area contributed by atoms with Crippen molar-refractivity contribution in [2.75, 3.05) is 24.8 Å². The first-order valence-corrected chi connectivity index (χ1v) is 10.1. The number of ether oxygens (including phenoxy) is 2. The van der Waals surface area contributed by atoms with E-state index in [9.17, 15) is 0 Å².